The van der Waals surface area contributed by atoms with Crippen molar-refractivity contribution in [3.8, 4) is 0 Å². The minimum atomic E-state index is -0.505. The van der Waals surface area contributed by atoms with Gasteiger partial charge in [-0.15, -0.1) is 0 Å². The van der Waals surface area contributed by atoms with Crippen molar-refractivity contribution >= 4 is 23.3 Å². The molecule has 2 aromatic carbocycles. The second-order valence-corrected chi connectivity index (χ2v) is 6.95. The van der Waals surface area contributed by atoms with E-state index in [1.54, 1.807) is 16.7 Å². The van der Waals surface area contributed by atoms with Crippen LogP contribution in [0.15, 0.2) is 42.5 Å². The molecular formula is C21H25N3O2. The predicted octanol–water partition coefficient (Wildman–Crippen LogP) is 3.88. The summed E-state index contributed by atoms with van der Waals surface area (Å²) in [6.45, 7) is 8.82. The molecule has 3 amide bonds. The molecule has 1 aliphatic heterocycles. The van der Waals surface area contributed by atoms with Gasteiger partial charge in [0.15, 0.2) is 0 Å². The third kappa shape index (κ3) is 3.57. The van der Waals surface area contributed by atoms with Gasteiger partial charge in [0.2, 0.25) is 5.91 Å². The van der Waals surface area contributed by atoms with Crippen LogP contribution < -0.4 is 10.2 Å². The van der Waals surface area contributed by atoms with E-state index in [1.807, 2.05) is 57.2 Å². The summed E-state index contributed by atoms with van der Waals surface area (Å²) in [6, 6.07) is 12.9. The van der Waals surface area contributed by atoms with E-state index in [9.17, 15) is 9.59 Å². The van der Waals surface area contributed by atoms with Gasteiger partial charge in [-0.2, -0.15) is 0 Å². The van der Waals surface area contributed by atoms with Crippen molar-refractivity contribution < 1.29 is 9.59 Å². The Morgan fingerprint density at radius 1 is 1.00 bits per heavy atom. The molecule has 1 atom stereocenters. The van der Waals surface area contributed by atoms with Gasteiger partial charge in [-0.1, -0.05) is 35.4 Å². The van der Waals surface area contributed by atoms with Gasteiger partial charge in [-0.3, -0.25) is 4.79 Å². The molecule has 0 bridgehead atoms. The zero-order chi connectivity index (χ0) is 18.8. The molecule has 1 fully saturated rings. The molecule has 1 saturated heterocycles. The Bertz CT molecular complexity index is 830. The van der Waals surface area contributed by atoms with Crippen LogP contribution in [0.5, 0.6) is 0 Å². The third-order valence-electron chi connectivity index (χ3n) is 4.86. The van der Waals surface area contributed by atoms with Crippen LogP contribution in [0.1, 0.15) is 23.6 Å². The molecule has 136 valence electrons. The summed E-state index contributed by atoms with van der Waals surface area (Å²) < 4.78 is 0. The topological polar surface area (TPSA) is 52.7 Å². The SMILES string of the molecule is Cc1ccc(NC(=O)N2CCN(c3ccc(C)cc3C)C(=O)[C@H]2C)cc1. The minimum Gasteiger partial charge on any atom is -0.311 e. The molecule has 1 aliphatic rings. The van der Waals surface area contributed by atoms with Gasteiger partial charge >= 0.3 is 6.03 Å². The van der Waals surface area contributed by atoms with Crippen LogP contribution in [-0.4, -0.2) is 36.0 Å². The Morgan fingerprint density at radius 2 is 1.65 bits per heavy atom. The van der Waals surface area contributed by atoms with Crippen LogP contribution >= 0.6 is 0 Å². The quantitative estimate of drug-likeness (QED) is 0.893. The van der Waals surface area contributed by atoms with E-state index in [-0.39, 0.29) is 11.9 Å². The van der Waals surface area contributed by atoms with Crippen molar-refractivity contribution in [3.05, 3.63) is 59.2 Å². The number of nitrogens with one attached hydrogen (secondary N) is 1. The van der Waals surface area contributed by atoms with E-state index in [0.717, 1.165) is 22.5 Å². The average Bonchev–Trinajstić information content (AvgIpc) is 2.60. The fourth-order valence-electron chi connectivity index (χ4n) is 3.33. The van der Waals surface area contributed by atoms with Crippen LogP contribution in [0.2, 0.25) is 0 Å². The first-order valence-corrected chi connectivity index (χ1v) is 8.90. The van der Waals surface area contributed by atoms with Gasteiger partial charge in [-0.05, 0) is 51.5 Å². The lowest BCUT2D eigenvalue weighted by molar-refractivity contribution is -0.123. The Kier molecular flexibility index (Phi) is 4.98. The molecule has 0 spiro atoms. The van der Waals surface area contributed by atoms with E-state index in [2.05, 4.69) is 11.4 Å². The highest BCUT2D eigenvalue weighted by Crippen LogP contribution is 2.25. The molecule has 5 heteroatoms. The summed E-state index contributed by atoms with van der Waals surface area (Å²) in [5, 5.41) is 2.88. The molecule has 26 heavy (non-hydrogen) atoms. The summed E-state index contributed by atoms with van der Waals surface area (Å²) in [5.41, 5.74) is 5.03. The third-order valence-corrected chi connectivity index (χ3v) is 4.86. The Morgan fingerprint density at radius 3 is 2.31 bits per heavy atom. The van der Waals surface area contributed by atoms with Crippen LogP contribution in [-0.2, 0) is 4.79 Å². The summed E-state index contributed by atoms with van der Waals surface area (Å²) >= 11 is 0. The molecule has 2 aromatic rings. The van der Waals surface area contributed by atoms with Crippen LogP contribution in [0.3, 0.4) is 0 Å². The van der Waals surface area contributed by atoms with Gasteiger partial charge in [-0.25, -0.2) is 4.79 Å². The van der Waals surface area contributed by atoms with Crippen molar-refractivity contribution in [2.75, 3.05) is 23.3 Å². The second-order valence-electron chi connectivity index (χ2n) is 6.95. The van der Waals surface area contributed by atoms with Crippen molar-refractivity contribution in [3.63, 3.8) is 0 Å². The van der Waals surface area contributed by atoms with E-state index >= 15 is 0 Å². The number of urea groups is 1. The molecule has 0 aromatic heterocycles. The molecule has 3 rings (SSSR count). The fourth-order valence-corrected chi connectivity index (χ4v) is 3.33. The molecule has 0 saturated carbocycles. The molecule has 1 N–H and O–H groups in total. The maximum atomic E-state index is 12.9. The number of carbonyl (C=O) groups is 2. The number of nitrogens with zero attached hydrogens (tertiary/aromatic N) is 2. The maximum absolute atomic E-state index is 12.9. The number of amides is 3. The lowest BCUT2D eigenvalue weighted by Crippen LogP contribution is -2.58. The number of anilines is 2. The Labute approximate surface area is 154 Å². The number of hydrogen-bond donors (Lipinski definition) is 1. The highest BCUT2D eigenvalue weighted by atomic mass is 16.2. The van der Waals surface area contributed by atoms with E-state index in [0.29, 0.717) is 13.1 Å². The van der Waals surface area contributed by atoms with Crippen molar-refractivity contribution in [2.24, 2.45) is 0 Å². The Balaban J connectivity index is 1.72. The van der Waals surface area contributed by atoms with Crippen molar-refractivity contribution in [2.45, 2.75) is 33.7 Å². The van der Waals surface area contributed by atoms with Gasteiger partial charge in [0.1, 0.15) is 6.04 Å². The van der Waals surface area contributed by atoms with Crippen LogP contribution in [0, 0.1) is 20.8 Å². The van der Waals surface area contributed by atoms with Gasteiger partial charge < -0.3 is 15.1 Å². The van der Waals surface area contributed by atoms with Crippen LogP contribution in [0.25, 0.3) is 0 Å². The monoisotopic (exact) mass is 351 g/mol. The number of hydrogen-bond acceptors (Lipinski definition) is 2. The zero-order valence-electron chi connectivity index (χ0n) is 15.7. The van der Waals surface area contributed by atoms with E-state index in [4.69, 9.17) is 0 Å². The number of piperazine rings is 1. The minimum absolute atomic E-state index is 0.0535. The highest BCUT2D eigenvalue weighted by Gasteiger charge is 2.35. The van der Waals surface area contributed by atoms with Gasteiger partial charge in [0.25, 0.3) is 0 Å². The maximum Gasteiger partial charge on any atom is 0.322 e. The summed E-state index contributed by atoms with van der Waals surface area (Å²) in [7, 11) is 0. The molecule has 5 nitrogen and oxygen atoms in total. The predicted molar refractivity (Wildman–Crippen MR) is 105 cm³/mol. The first-order chi connectivity index (χ1) is 12.4. The second kappa shape index (κ2) is 7.20. The smallest absolute Gasteiger partial charge is 0.311 e. The summed E-state index contributed by atoms with van der Waals surface area (Å²) in [6.07, 6.45) is 0. The lowest BCUT2D eigenvalue weighted by atomic mass is 10.1. The van der Waals surface area contributed by atoms with E-state index < -0.39 is 6.04 Å². The average molecular weight is 351 g/mol. The van der Waals surface area contributed by atoms with Crippen molar-refractivity contribution in [1.29, 1.82) is 0 Å². The largest absolute Gasteiger partial charge is 0.322 e. The van der Waals surface area contributed by atoms with E-state index in [1.165, 1.54) is 5.56 Å². The molecule has 0 unspecified atom stereocenters. The molecular weight excluding hydrogens is 326 g/mol. The number of rotatable bonds is 2. The van der Waals surface area contributed by atoms with Gasteiger partial charge in [0.05, 0.1) is 0 Å². The Hall–Kier alpha value is -2.82. The number of aryl methyl sites for hydroxylation is 3. The highest BCUT2D eigenvalue weighted by molar-refractivity contribution is 6.02. The normalized spacial score (nSPS) is 17.4. The van der Waals surface area contributed by atoms with Gasteiger partial charge in [0, 0.05) is 24.5 Å². The van der Waals surface area contributed by atoms with Crippen LogP contribution in [0.4, 0.5) is 16.2 Å². The lowest BCUT2D eigenvalue weighted by Gasteiger charge is -2.39. The zero-order valence-corrected chi connectivity index (χ0v) is 15.7. The molecule has 1 heterocycles. The standard InChI is InChI=1S/C21H25N3O2/c1-14-5-8-18(9-6-14)22-21(26)23-11-12-24(20(25)17(23)4)19-10-7-15(2)13-16(19)3/h5-10,13,17H,11-12H2,1-4H3,(H,22,26)/t17-/m1/s1. The summed E-state index contributed by atoms with van der Waals surface area (Å²) in [4.78, 5) is 28.9. The molecule has 0 aliphatic carbocycles. The summed E-state index contributed by atoms with van der Waals surface area (Å²) in [5.74, 6) is -0.0535. The first kappa shape index (κ1) is 18.0. The number of benzene rings is 2. The molecule has 0 radical (unpaired) electrons. The van der Waals surface area contributed by atoms with Crippen molar-refractivity contribution in [1.82, 2.24) is 4.90 Å². The first-order valence-electron chi connectivity index (χ1n) is 8.90. The fraction of sp³-hybridized carbons (Fsp3) is 0.333. The number of carbonyl (C=O) groups excluding carboxylic acids is 2.